The molecular weight excluding hydrogens is 420 g/mol. The van der Waals surface area contributed by atoms with Crippen molar-refractivity contribution in [3.8, 4) is 11.1 Å². The minimum absolute atomic E-state index is 0.113. The van der Waals surface area contributed by atoms with Crippen molar-refractivity contribution in [2.75, 3.05) is 36.5 Å². The number of amides is 1. The van der Waals surface area contributed by atoms with Crippen LogP contribution in [0.25, 0.3) is 11.1 Å². The molecule has 1 N–H and O–H groups in total. The van der Waals surface area contributed by atoms with Crippen LogP contribution in [0.4, 0.5) is 11.5 Å². The number of nitrogens with zero attached hydrogens (tertiary/aromatic N) is 3. The highest BCUT2D eigenvalue weighted by atomic mass is 79.9. The number of rotatable bonds is 5. The molecule has 7 heteroatoms. The fourth-order valence-corrected chi connectivity index (χ4v) is 3.47. The normalized spacial score (nSPS) is 14.1. The minimum atomic E-state index is -0.113. The van der Waals surface area contributed by atoms with Crippen molar-refractivity contribution < 1.29 is 9.53 Å². The summed E-state index contributed by atoms with van der Waals surface area (Å²) in [5.41, 5.74) is 2.87. The number of aromatic nitrogens is 2. The maximum Gasteiger partial charge on any atom is 0.246 e. The Morgan fingerprint density at radius 3 is 2.50 bits per heavy atom. The third-order valence-electron chi connectivity index (χ3n) is 4.57. The van der Waals surface area contributed by atoms with Gasteiger partial charge in [0, 0.05) is 35.0 Å². The van der Waals surface area contributed by atoms with Gasteiger partial charge in [0.25, 0.3) is 0 Å². The van der Waals surface area contributed by atoms with Crippen LogP contribution in [0.2, 0.25) is 0 Å². The van der Waals surface area contributed by atoms with Gasteiger partial charge in [-0.25, -0.2) is 0 Å². The first-order chi connectivity index (χ1) is 13.7. The summed E-state index contributed by atoms with van der Waals surface area (Å²) >= 11 is 3.40. The summed E-state index contributed by atoms with van der Waals surface area (Å²) in [6, 6.07) is 17.7. The summed E-state index contributed by atoms with van der Waals surface area (Å²) in [4.78, 5) is 14.7. The molecule has 28 heavy (non-hydrogen) atoms. The lowest BCUT2D eigenvalue weighted by molar-refractivity contribution is -0.116. The molecule has 0 bridgehead atoms. The Morgan fingerprint density at radius 1 is 1.07 bits per heavy atom. The van der Waals surface area contributed by atoms with Crippen LogP contribution < -0.4 is 10.2 Å². The van der Waals surface area contributed by atoms with Crippen molar-refractivity contribution in [3.05, 3.63) is 65.3 Å². The Hall–Kier alpha value is -2.64. The van der Waals surface area contributed by atoms with E-state index in [0.717, 1.165) is 40.2 Å². The molecule has 0 saturated carbocycles. The van der Waals surface area contributed by atoms with Crippen molar-refractivity contribution >= 4 is 33.3 Å². The van der Waals surface area contributed by atoms with E-state index in [0.29, 0.717) is 13.2 Å². The molecule has 144 valence electrons. The van der Waals surface area contributed by atoms with Crippen molar-refractivity contribution in [3.63, 3.8) is 0 Å². The summed E-state index contributed by atoms with van der Waals surface area (Å²) in [6.07, 6.45) is 1.95. The van der Waals surface area contributed by atoms with Crippen molar-refractivity contribution in [2.24, 2.45) is 0 Å². The number of carbonyl (C=O) groups excluding carboxylic acids is 1. The molecule has 1 saturated heterocycles. The van der Waals surface area contributed by atoms with Gasteiger partial charge in [0.1, 0.15) is 6.54 Å². The molecule has 1 aliphatic heterocycles. The van der Waals surface area contributed by atoms with Crippen LogP contribution in [0.3, 0.4) is 0 Å². The molecule has 1 amide bonds. The highest BCUT2D eigenvalue weighted by Crippen LogP contribution is 2.30. The molecule has 0 atom stereocenters. The molecule has 0 aliphatic carbocycles. The maximum absolute atomic E-state index is 12.5. The maximum atomic E-state index is 12.5. The largest absolute Gasteiger partial charge is 0.378 e. The zero-order chi connectivity index (χ0) is 19.3. The quantitative estimate of drug-likeness (QED) is 0.655. The van der Waals surface area contributed by atoms with E-state index in [1.54, 1.807) is 4.68 Å². The number of halogens is 1. The van der Waals surface area contributed by atoms with Gasteiger partial charge in [0.15, 0.2) is 5.82 Å². The van der Waals surface area contributed by atoms with Gasteiger partial charge in [-0.05, 0) is 29.8 Å². The molecule has 2 heterocycles. The Balaban J connectivity index is 1.56. The van der Waals surface area contributed by atoms with Gasteiger partial charge in [0.05, 0.1) is 13.2 Å². The topological polar surface area (TPSA) is 59.4 Å². The number of hydrogen-bond donors (Lipinski definition) is 1. The second-order valence-corrected chi connectivity index (χ2v) is 7.50. The molecule has 1 fully saturated rings. The minimum Gasteiger partial charge on any atom is -0.378 e. The average Bonchev–Trinajstić information content (AvgIpc) is 3.15. The van der Waals surface area contributed by atoms with E-state index >= 15 is 0 Å². The van der Waals surface area contributed by atoms with Gasteiger partial charge in [0.2, 0.25) is 5.91 Å². The van der Waals surface area contributed by atoms with Crippen molar-refractivity contribution in [2.45, 2.75) is 6.54 Å². The van der Waals surface area contributed by atoms with Crippen LogP contribution in [0.5, 0.6) is 0 Å². The summed E-state index contributed by atoms with van der Waals surface area (Å²) in [6.45, 7) is 3.11. The molecule has 2 aromatic carbocycles. The van der Waals surface area contributed by atoms with E-state index in [1.807, 2.05) is 48.7 Å². The third-order valence-corrected chi connectivity index (χ3v) is 5.10. The SMILES string of the molecule is O=C(Cn1cc(-c2ccccc2)c(N2CCOCC2)n1)Nc1ccc(Br)cc1. The molecule has 1 aromatic heterocycles. The second-order valence-electron chi connectivity index (χ2n) is 6.58. The van der Waals surface area contributed by atoms with Crippen LogP contribution in [-0.2, 0) is 16.1 Å². The van der Waals surface area contributed by atoms with E-state index in [4.69, 9.17) is 9.84 Å². The number of benzene rings is 2. The number of hydrogen-bond acceptors (Lipinski definition) is 4. The Bertz CT molecular complexity index is 935. The number of morpholine rings is 1. The standard InChI is InChI=1S/C21H21BrN4O2/c22-17-6-8-18(9-7-17)23-20(27)15-26-14-19(16-4-2-1-3-5-16)21(24-26)25-10-12-28-13-11-25/h1-9,14H,10-13,15H2,(H,23,27). The smallest absolute Gasteiger partial charge is 0.246 e. The molecule has 1 aliphatic rings. The van der Waals surface area contributed by atoms with Crippen molar-refractivity contribution in [1.29, 1.82) is 0 Å². The van der Waals surface area contributed by atoms with Crippen LogP contribution in [0.15, 0.2) is 65.3 Å². The summed E-state index contributed by atoms with van der Waals surface area (Å²) in [5.74, 6) is 0.781. The zero-order valence-corrected chi connectivity index (χ0v) is 16.9. The van der Waals surface area contributed by atoms with Crippen LogP contribution in [0.1, 0.15) is 0 Å². The first-order valence-electron chi connectivity index (χ1n) is 9.20. The van der Waals surface area contributed by atoms with Gasteiger partial charge in [-0.1, -0.05) is 46.3 Å². The molecule has 0 unspecified atom stereocenters. The third kappa shape index (κ3) is 4.43. The number of carbonyl (C=O) groups is 1. The van der Waals surface area contributed by atoms with Crippen LogP contribution in [0, 0.1) is 0 Å². The monoisotopic (exact) mass is 440 g/mol. The number of anilines is 2. The molecule has 0 spiro atoms. The predicted molar refractivity (Wildman–Crippen MR) is 113 cm³/mol. The molecular formula is C21H21BrN4O2. The lowest BCUT2D eigenvalue weighted by Crippen LogP contribution is -2.36. The van der Waals surface area contributed by atoms with Crippen molar-refractivity contribution in [1.82, 2.24) is 9.78 Å². The molecule has 4 rings (SSSR count). The van der Waals surface area contributed by atoms with Gasteiger partial charge < -0.3 is 15.0 Å². The number of ether oxygens (including phenoxy) is 1. The Labute approximate surface area is 172 Å². The number of nitrogens with one attached hydrogen (secondary N) is 1. The summed E-state index contributed by atoms with van der Waals surface area (Å²) in [5, 5.41) is 7.64. The fourth-order valence-electron chi connectivity index (χ4n) is 3.20. The first kappa shape index (κ1) is 18.7. The van der Waals surface area contributed by atoms with Gasteiger partial charge >= 0.3 is 0 Å². The Kier molecular flexibility index (Phi) is 5.73. The summed E-state index contributed by atoms with van der Waals surface area (Å²) in [7, 11) is 0. The lowest BCUT2D eigenvalue weighted by atomic mass is 10.1. The van der Waals surface area contributed by atoms with Gasteiger partial charge in [-0.15, -0.1) is 0 Å². The summed E-state index contributed by atoms with van der Waals surface area (Å²) < 4.78 is 8.15. The van der Waals surface area contributed by atoms with E-state index in [9.17, 15) is 4.79 Å². The fraction of sp³-hybridized carbons (Fsp3) is 0.238. The van der Waals surface area contributed by atoms with E-state index in [-0.39, 0.29) is 12.5 Å². The van der Waals surface area contributed by atoms with Gasteiger partial charge in [-0.3, -0.25) is 9.48 Å². The van der Waals surface area contributed by atoms with E-state index in [2.05, 4.69) is 38.3 Å². The van der Waals surface area contributed by atoms with Crippen LogP contribution in [-0.4, -0.2) is 42.0 Å². The second kappa shape index (κ2) is 8.58. The highest BCUT2D eigenvalue weighted by molar-refractivity contribution is 9.10. The molecule has 6 nitrogen and oxygen atoms in total. The lowest BCUT2D eigenvalue weighted by Gasteiger charge is -2.27. The predicted octanol–water partition coefficient (Wildman–Crippen LogP) is 3.79. The average molecular weight is 441 g/mol. The first-order valence-corrected chi connectivity index (χ1v) is 9.99. The highest BCUT2D eigenvalue weighted by Gasteiger charge is 2.20. The van der Waals surface area contributed by atoms with Crippen LogP contribution >= 0.6 is 15.9 Å². The molecule has 0 radical (unpaired) electrons. The van der Waals surface area contributed by atoms with Gasteiger partial charge in [-0.2, -0.15) is 5.10 Å². The zero-order valence-electron chi connectivity index (χ0n) is 15.3. The Morgan fingerprint density at radius 2 is 1.79 bits per heavy atom. The molecule has 3 aromatic rings. The van der Waals surface area contributed by atoms with E-state index in [1.165, 1.54) is 0 Å². The van der Waals surface area contributed by atoms with E-state index < -0.39 is 0 Å².